The molecule has 0 spiro atoms. The van der Waals surface area contributed by atoms with E-state index in [1.54, 1.807) is 0 Å². The minimum absolute atomic E-state index is 0.0467. The first-order valence-corrected chi connectivity index (χ1v) is 12.4. The first kappa shape index (κ1) is 21.4. The molecule has 1 aliphatic carbocycles. The van der Waals surface area contributed by atoms with E-state index in [4.69, 9.17) is 13.9 Å². The second kappa shape index (κ2) is 8.35. The number of amides is 1. The van der Waals surface area contributed by atoms with Crippen LogP contribution in [-0.4, -0.2) is 47.9 Å². The van der Waals surface area contributed by atoms with Crippen LogP contribution in [0.3, 0.4) is 0 Å². The van der Waals surface area contributed by atoms with Gasteiger partial charge in [-0.25, -0.2) is 9.78 Å². The van der Waals surface area contributed by atoms with Gasteiger partial charge in [0.15, 0.2) is 11.5 Å². The summed E-state index contributed by atoms with van der Waals surface area (Å²) >= 11 is 0. The molecule has 0 radical (unpaired) electrons. The van der Waals surface area contributed by atoms with Crippen molar-refractivity contribution in [3.63, 3.8) is 0 Å². The minimum Gasteiger partial charge on any atom is -0.448 e. The zero-order valence-corrected chi connectivity index (χ0v) is 20.0. The topological polar surface area (TPSA) is 64.8 Å². The van der Waals surface area contributed by atoms with E-state index < -0.39 is 0 Å². The number of fused-ring (bicyclic) bond motifs is 6. The van der Waals surface area contributed by atoms with E-state index in [1.165, 1.54) is 27.8 Å². The molecule has 180 valence electrons. The average molecular weight is 479 g/mol. The Morgan fingerprint density at radius 1 is 1.03 bits per heavy atom. The number of hydrogen-bond donors (Lipinski definition) is 0. The maximum absolute atomic E-state index is 13.4. The summed E-state index contributed by atoms with van der Waals surface area (Å²) in [5.74, 6) is 0.705. The summed E-state index contributed by atoms with van der Waals surface area (Å²) in [6.45, 7) is 3.14. The van der Waals surface area contributed by atoms with E-state index in [2.05, 4.69) is 65.7 Å². The van der Waals surface area contributed by atoms with Crippen molar-refractivity contribution >= 4 is 22.8 Å². The lowest BCUT2D eigenvalue weighted by Gasteiger charge is -2.44. The lowest BCUT2D eigenvalue weighted by molar-refractivity contribution is -0.0331. The molecule has 1 saturated heterocycles. The Morgan fingerprint density at radius 2 is 1.78 bits per heavy atom. The van der Waals surface area contributed by atoms with Gasteiger partial charge in [0.25, 0.3) is 0 Å². The molecule has 2 unspecified atom stereocenters. The third-order valence-electron chi connectivity index (χ3n) is 7.61. The number of benzene rings is 3. The first-order chi connectivity index (χ1) is 17.7. The number of oxazole rings is 1. The molecule has 7 rings (SSSR count). The number of rotatable bonds is 3. The molecule has 3 aliphatic rings. The molecular formula is C30H26N2O4. The van der Waals surface area contributed by atoms with Crippen LogP contribution in [-0.2, 0) is 9.47 Å². The molecule has 6 heteroatoms. The highest BCUT2D eigenvalue weighted by Gasteiger charge is 2.40. The summed E-state index contributed by atoms with van der Waals surface area (Å²) in [4.78, 5) is 19.7. The first-order valence-electron chi connectivity index (χ1n) is 12.4. The summed E-state index contributed by atoms with van der Waals surface area (Å²) in [6.07, 6.45) is 2.58. The van der Waals surface area contributed by atoms with E-state index in [0.717, 1.165) is 16.7 Å². The van der Waals surface area contributed by atoms with Gasteiger partial charge in [0.05, 0.1) is 25.3 Å². The van der Waals surface area contributed by atoms with Crippen molar-refractivity contribution in [1.82, 2.24) is 9.88 Å². The normalized spacial score (nSPS) is 20.7. The highest BCUT2D eigenvalue weighted by Crippen LogP contribution is 2.44. The van der Waals surface area contributed by atoms with Gasteiger partial charge in [0.1, 0.15) is 12.1 Å². The van der Waals surface area contributed by atoms with Crippen molar-refractivity contribution in [2.45, 2.75) is 31.3 Å². The Morgan fingerprint density at radius 3 is 2.53 bits per heavy atom. The number of nitrogens with zero attached hydrogens (tertiary/aromatic N) is 2. The molecule has 1 fully saturated rings. The monoisotopic (exact) mass is 478 g/mol. The minimum atomic E-state index is -0.272. The van der Waals surface area contributed by atoms with Gasteiger partial charge in [-0.2, -0.15) is 0 Å². The molecule has 1 aromatic heterocycles. The number of carbonyl (C=O) groups excluding carboxylic acids is 1. The average Bonchev–Trinajstić information content (AvgIpc) is 3.42. The second-order valence-corrected chi connectivity index (χ2v) is 9.78. The predicted molar refractivity (Wildman–Crippen MR) is 137 cm³/mol. The Hall–Kier alpha value is -3.90. The van der Waals surface area contributed by atoms with Gasteiger partial charge in [-0.05, 0) is 51.9 Å². The molecule has 3 heterocycles. The molecule has 6 nitrogen and oxygen atoms in total. The van der Waals surface area contributed by atoms with Gasteiger partial charge < -0.3 is 13.9 Å². The smallest absolute Gasteiger partial charge is 0.410 e. The number of morpholine rings is 1. The van der Waals surface area contributed by atoms with Crippen LogP contribution in [0.2, 0.25) is 0 Å². The molecule has 36 heavy (non-hydrogen) atoms. The van der Waals surface area contributed by atoms with Crippen LogP contribution in [0.25, 0.3) is 27.8 Å². The third-order valence-corrected chi connectivity index (χ3v) is 7.61. The van der Waals surface area contributed by atoms with Gasteiger partial charge in [-0.3, -0.25) is 4.90 Å². The lowest BCUT2D eigenvalue weighted by atomic mass is 9.90. The standard InChI is InChI=1S/C30H26N2O4/c1-18-31-28-11-10-19(14-29(28)36-18)20-12-21-15-34-16-22(13-20)32(21)30(33)35-17-27-25-8-4-2-6-23(25)24-7-3-5-9-26(24)27/h2-12,14,21-22,27H,13,15-17H2,1H3. The molecule has 4 aromatic rings. The number of ether oxygens (including phenoxy) is 2. The molecule has 2 bridgehead atoms. The number of carbonyl (C=O) groups is 1. The van der Waals surface area contributed by atoms with Gasteiger partial charge in [-0.1, -0.05) is 60.7 Å². The zero-order chi connectivity index (χ0) is 24.2. The summed E-state index contributed by atoms with van der Waals surface area (Å²) in [5, 5.41) is 0. The Kier molecular flexibility index (Phi) is 4.96. The van der Waals surface area contributed by atoms with Crippen molar-refractivity contribution < 1.29 is 18.7 Å². The van der Waals surface area contributed by atoms with Crippen LogP contribution in [0.4, 0.5) is 4.79 Å². The van der Waals surface area contributed by atoms with Gasteiger partial charge in [-0.15, -0.1) is 0 Å². The maximum atomic E-state index is 13.4. The molecule has 0 N–H and O–H groups in total. The largest absolute Gasteiger partial charge is 0.448 e. The molecule has 0 saturated carbocycles. The van der Waals surface area contributed by atoms with E-state index in [9.17, 15) is 4.79 Å². The Balaban J connectivity index is 1.12. The second-order valence-electron chi connectivity index (χ2n) is 9.78. The summed E-state index contributed by atoms with van der Waals surface area (Å²) in [6, 6.07) is 22.7. The highest BCUT2D eigenvalue weighted by molar-refractivity contribution is 5.82. The van der Waals surface area contributed by atoms with E-state index in [-0.39, 0.29) is 24.1 Å². The van der Waals surface area contributed by atoms with Crippen LogP contribution in [0, 0.1) is 6.92 Å². The zero-order valence-electron chi connectivity index (χ0n) is 20.0. The SMILES string of the molecule is Cc1nc2ccc(C3=CC4COCC(C3)N4C(=O)OCC3c4ccccc4-c4ccccc43)cc2o1. The van der Waals surface area contributed by atoms with Crippen LogP contribution < -0.4 is 0 Å². The van der Waals surface area contributed by atoms with Gasteiger partial charge in [0, 0.05) is 12.8 Å². The number of aromatic nitrogens is 1. The van der Waals surface area contributed by atoms with Crippen LogP contribution in [0.1, 0.15) is 34.9 Å². The van der Waals surface area contributed by atoms with Gasteiger partial charge >= 0.3 is 6.09 Å². The van der Waals surface area contributed by atoms with Crippen molar-refractivity contribution in [3.8, 4) is 11.1 Å². The van der Waals surface area contributed by atoms with E-state index >= 15 is 0 Å². The third kappa shape index (κ3) is 3.44. The number of aryl methyl sites for hydroxylation is 1. The van der Waals surface area contributed by atoms with Crippen molar-refractivity contribution in [2.24, 2.45) is 0 Å². The fourth-order valence-electron chi connectivity index (χ4n) is 6.00. The molecule has 2 atom stereocenters. The van der Waals surface area contributed by atoms with Crippen molar-refractivity contribution in [1.29, 1.82) is 0 Å². The summed E-state index contributed by atoms with van der Waals surface area (Å²) < 4.78 is 17.6. The van der Waals surface area contributed by atoms with Crippen LogP contribution >= 0.6 is 0 Å². The lowest BCUT2D eigenvalue weighted by Crippen LogP contribution is -2.56. The highest BCUT2D eigenvalue weighted by atomic mass is 16.6. The van der Waals surface area contributed by atoms with Crippen LogP contribution in [0.15, 0.2) is 77.2 Å². The van der Waals surface area contributed by atoms with E-state index in [1.807, 2.05) is 24.0 Å². The van der Waals surface area contributed by atoms with E-state index in [0.29, 0.717) is 32.1 Å². The maximum Gasteiger partial charge on any atom is 0.410 e. The van der Waals surface area contributed by atoms with Crippen molar-refractivity contribution in [2.75, 3.05) is 19.8 Å². The van der Waals surface area contributed by atoms with Gasteiger partial charge in [0.2, 0.25) is 0 Å². The molecule has 2 aliphatic heterocycles. The molecular weight excluding hydrogens is 452 g/mol. The Bertz CT molecular complexity index is 1470. The summed E-state index contributed by atoms with van der Waals surface area (Å²) in [5.41, 5.74) is 8.83. The van der Waals surface area contributed by atoms with Crippen molar-refractivity contribution in [3.05, 3.63) is 95.4 Å². The van der Waals surface area contributed by atoms with Crippen LogP contribution in [0.5, 0.6) is 0 Å². The fourth-order valence-corrected chi connectivity index (χ4v) is 6.00. The predicted octanol–water partition coefficient (Wildman–Crippen LogP) is 5.94. The number of hydrogen-bond acceptors (Lipinski definition) is 5. The quantitative estimate of drug-likeness (QED) is 0.365. The Labute approximate surface area is 209 Å². The summed E-state index contributed by atoms with van der Waals surface area (Å²) in [7, 11) is 0. The molecule has 1 amide bonds. The fraction of sp³-hybridized carbons (Fsp3) is 0.267. The molecule has 3 aromatic carbocycles.